The van der Waals surface area contributed by atoms with Gasteiger partial charge in [-0.1, -0.05) is 36.9 Å². The van der Waals surface area contributed by atoms with E-state index in [1.54, 1.807) is 14.0 Å². The predicted octanol–water partition coefficient (Wildman–Crippen LogP) is 5.06. The number of halogens is 4. The first kappa shape index (κ1) is 19.9. The molecule has 2 N–H and O–H groups in total. The molecule has 2 atom stereocenters. The van der Waals surface area contributed by atoms with Crippen LogP contribution in [0.25, 0.3) is 0 Å². The molecular formula is C21H21F4N3. The van der Waals surface area contributed by atoms with Crippen molar-refractivity contribution < 1.29 is 17.6 Å². The summed E-state index contributed by atoms with van der Waals surface area (Å²) in [5, 5.41) is 11.0. The highest BCUT2D eigenvalue weighted by Gasteiger charge is 2.47. The molecule has 0 saturated carbocycles. The topological polar surface area (TPSA) is 39.1 Å². The van der Waals surface area contributed by atoms with Crippen LogP contribution < -0.4 is 5.32 Å². The number of hydrogen-bond acceptors (Lipinski definition) is 1. The van der Waals surface area contributed by atoms with Crippen molar-refractivity contribution in [2.45, 2.75) is 31.2 Å². The minimum absolute atomic E-state index is 0.0666. The quantitative estimate of drug-likeness (QED) is 0.718. The van der Waals surface area contributed by atoms with Crippen molar-refractivity contribution in [2.24, 2.45) is 0 Å². The number of nitrogens with zero attached hydrogens (tertiary/aromatic N) is 1. The molecular weight excluding hydrogens is 370 g/mol. The lowest BCUT2D eigenvalue weighted by molar-refractivity contribution is 0.0174. The smallest absolute Gasteiger partial charge is 0.270 e. The molecule has 0 spiro atoms. The Morgan fingerprint density at radius 1 is 1.11 bits per heavy atom. The van der Waals surface area contributed by atoms with Gasteiger partial charge in [-0.25, -0.2) is 17.6 Å². The van der Waals surface area contributed by atoms with Crippen molar-refractivity contribution in [2.75, 3.05) is 7.05 Å². The minimum atomic E-state index is -3.00. The van der Waals surface area contributed by atoms with E-state index in [1.165, 1.54) is 35.2 Å². The number of hydrogen-bond donors (Lipinski definition) is 2. The van der Waals surface area contributed by atoms with Crippen LogP contribution in [0.2, 0.25) is 0 Å². The van der Waals surface area contributed by atoms with Gasteiger partial charge in [0.05, 0.1) is 11.5 Å². The van der Waals surface area contributed by atoms with Crippen LogP contribution in [0.4, 0.5) is 17.6 Å². The summed E-state index contributed by atoms with van der Waals surface area (Å²) in [4.78, 5) is 1.47. The molecule has 0 amide bonds. The summed E-state index contributed by atoms with van der Waals surface area (Å²) in [5.41, 5.74) is -0.805. The third-order valence-electron chi connectivity index (χ3n) is 5.29. The van der Waals surface area contributed by atoms with E-state index in [-0.39, 0.29) is 17.1 Å². The maximum atomic E-state index is 14.6. The third-order valence-corrected chi connectivity index (χ3v) is 5.29. The van der Waals surface area contributed by atoms with Gasteiger partial charge in [-0.2, -0.15) is 0 Å². The zero-order valence-corrected chi connectivity index (χ0v) is 15.8. The van der Waals surface area contributed by atoms with E-state index in [4.69, 9.17) is 5.41 Å². The van der Waals surface area contributed by atoms with Gasteiger partial charge in [-0.3, -0.25) is 5.41 Å². The van der Waals surface area contributed by atoms with Gasteiger partial charge in [0.1, 0.15) is 11.6 Å². The van der Waals surface area contributed by atoms with Gasteiger partial charge in [-0.05, 0) is 24.6 Å². The van der Waals surface area contributed by atoms with Gasteiger partial charge in [0.15, 0.2) is 5.96 Å². The van der Waals surface area contributed by atoms with Gasteiger partial charge < -0.3 is 10.2 Å². The third kappa shape index (κ3) is 3.15. The molecule has 3 nitrogen and oxygen atoms in total. The summed E-state index contributed by atoms with van der Waals surface area (Å²) in [6.45, 7) is 6.39. The number of alkyl halides is 2. The predicted molar refractivity (Wildman–Crippen MR) is 100 cm³/mol. The van der Waals surface area contributed by atoms with Crippen LogP contribution >= 0.6 is 0 Å². The van der Waals surface area contributed by atoms with E-state index in [0.29, 0.717) is 11.3 Å². The average molecular weight is 391 g/mol. The number of likely N-dealkylation sites (N-methyl/N-ethyl adjacent to an activating group) is 1. The number of nitrogens with one attached hydrogen (secondary N) is 2. The summed E-state index contributed by atoms with van der Waals surface area (Å²) in [6, 6.07) is 9.15. The Balaban J connectivity index is 2.19. The number of rotatable bonds is 3. The van der Waals surface area contributed by atoms with Crippen LogP contribution in [0.3, 0.4) is 0 Å². The Morgan fingerprint density at radius 2 is 1.64 bits per heavy atom. The summed E-state index contributed by atoms with van der Waals surface area (Å²) in [6.07, 6.45) is 0. The SMILES string of the molecule is C=C1[C@@H](c2ccc(C(C)(F)F)cc2)[C@@](C)(c2c(F)cccc2F)NC(=N)N1C. The van der Waals surface area contributed by atoms with Crippen LogP contribution in [0.15, 0.2) is 54.7 Å². The van der Waals surface area contributed by atoms with Crippen LogP contribution in [0.5, 0.6) is 0 Å². The summed E-state index contributed by atoms with van der Waals surface area (Å²) in [7, 11) is 1.61. The molecule has 1 heterocycles. The lowest BCUT2D eigenvalue weighted by atomic mass is 9.72. The molecule has 28 heavy (non-hydrogen) atoms. The largest absolute Gasteiger partial charge is 0.346 e. The zero-order valence-electron chi connectivity index (χ0n) is 15.8. The van der Waals surface area contributed by atoms with Crippen molar-refractivity contribution in [1.29, 1.82) is 5.41 Å². The zero-order chi connectivity index (χ0) is 20.9. The second kappa shape index (κ2) is 6.65. The number of benzene rings is 2. The molecule has 0 radical (unpaired) electrons. The van der Waals surface area contributed by atoms with Gasteiger partial charge >= 0.3 is 0 Å². The van der Waals surface area contributed by atoms with E-state index >= 15 is 0 Å². The molecule has 1 aliphatic heterocycles. The Bertz CT molecular complexity index is 913. The first-order valence-corrected chi connectivity index (χ1v) is 8.69. The molecule has 1 fully saturated rings. The summed E-state index contributed by atoms with van der Waals surface area (Å²) >= 11 is 0. The molecule has 2 aromatic carbocycles. The van der Waals surface area contributed by atoms with E-state index < -0.39 is 29.0 Å². The second-order valence-corrected chi connectivity index (χ2v) is 7.27. The van der Waals surface area contributed by atoms with Crippen LogP contribution in [0.1, 0.15) is 36.5 Å². The molecule has 1 saturated heterocycles. The van der Waals surface area contributed by atoms with Crippen molar-refractivity contribution in [3.63, 3.8) is 0 Å². The highest BCUT2D eigenvalue weighted by atomic mass is 19.3. The molecule has 2 aromatic rings. The fourth-order valence-electron chi connectivity index (χ4n) is 3.77. The van der Waals surface area contributed by atoms with E-state index in [9.17, 15) is 17.6 Å². The monoisotopic (exact) mass is 391 g/mol. The fourth-order valence-corrected chi connectivity index (χ4v) is 3.77. The van der Waals surface area contributed by atoms with Crippen molar-refractivity contribution in [3.8, 4) is 0 Å². The van der Waals surface area contributed by atoms with Gasteiger partial charge in [0.25, 0.3) is 5.92 Å². The second-order valence-electron chi connectivity index (χ2n) is 7.27. The first-order valence-electron chi connectivity index (χ1n) is 8.69. The Hall–Kier alpha value is -2.83. The highest BCUT2D eigenvalue weighted by Crippen LogP contribution is 2.46. The molecule has 0 aliphatic carbocycles. The Labute approximate surface area is 161 Å². The molecule has 3 rings (SSSR count). The Kier molecular flexibility index (Phi) is 4.73. The summed E-state index contributed by atoms with van der Waals surface area (Å²) in [5.74, 6) is -5.29. The number of guanidine groups is 1. The minimum Gasteiger partial charge on any atom is -0.346 e. The van der Waals surface area contributed by atoms with Gasteiger partial charge in [0, 0.05) is 30.8 Å². The van der Waals surface area contributed by atoms with Crippen LogP contribution in [-0.2, 0) is 11.5 Å². The normalized spacial score (nSPS) is 23.0. The lowest BCUT2D eigenvalue weighted by Gasteiger charge is -2.48. The van der Waals surface area contributed by atoms with Crippen LogP contribution in [0, 0.1) is 17.0 Å². The lowest BCUT2D eigenvalue weighted by Crippen LogP contribution is -2.59. The van der Waals surface area contributed by atoms with Crippen molar-refractivity contribution in [1.82, 2.24) is 10.2 Å². The highest BCUT2D eigenvalue weighted by molar-refractivity contribution is 5.82. The molecule has 7 heteroatoms. The first-order chi connectivity index (χ1) is 13.0. The molecule has 0 unspecified atom stereocenters. The summed E-state index contributed by atoms with van der Waals surface area (Å²) < 4.78 is 56.4. The fraction of sp³-hybridized carbons (Fsp3) is 0.286. The Morgan fingerprint density at radius 3 is 2.14 bits per heavy atom. The maximum Gasteiger partial charge on any atom is 0.270 e. The molecule has 148 valence electrons. The van der Waals surface area contributed by atoms with Crippen molar-refractivity contribution >= 4 is 5.96 Å². The van der Waals surface area contributed by atoms with Crippen LogP contribution in [-0.4, -0.2) is 17.9 Å². The maximum absolute atomic E-state index is 14.6. The van der Waals surface area contributed by atoms with Gasteiger partial charge in [-0.15, -0.1) is 0 Å². The molecule has 0 aromatic heterocycles. The van der Waals surface area contributed by atoms with E-state index in [1.807, 2.05) is 0 Å². The van der Waals surface area contributed by atoms with E-state index in [2.05, 4.69) is 11.9 Å². The standard InChI is InChI=1S/C21H21F4N3/c1-12-17(13-8-10-14(11-9-13)21(3,24)25)20(2,27-19(26)28(12)4)18-15(22)6-5-7-16(18)23/h5-11,17H,1H2,2-4H3,(H2,26,27)/t17-,20-/m0/s1. The molecule has 1 aliphatic rings. The average Bonchev–Trinajstić information content (AvgIpc) is 2.59. The van der Waals surface area contributed by atoms with E-state index in [0.717, 1.165) is 19.1 Å². The molecule has 0 bridgehead atoms. The van der Waals surface area contributed by atoms with Crippen molar-refractivity contribution in [3.05, 3.63) is 83.1 Å². The van der Waals surface area contributed by atoms with Gasteiger partial charge in [0.2, 0.25) is 0 Å².